The lowest BCUT2D eigenvalue weighted by atomic mass is 10.2. The first-order valence-corrected chi connectivity index (χ1v) is 10.8. The van der Waals surface area contributed by atoms with Crippen LogP contribution in [0.15, 0.2) is 34.0 Å². The standard InChI is InChI=1S/C19H22N2O5S2/c1-3-24-18(23)8-13-11-27-19(20-13)28-12-17(22)21(2)9-14-10-25-15-6-4-5-7-16(15)26-14/h4-7,11,14H,3,8-10,12H2,1-2H3/t14-/m1/s1. The van der Waals surface area contributed by atoms with E-state index in [-0.39, 0.29) is 30.2 Å². The number of hydrogen-bond acceptors (Lipinski definition) is 8. The van der Waals surface area contributed by atoms with Crippen LogP contribution in [0.25, 0.3) is 0 Å². The fraction of sp³-hybridized carbons (Fsp3) is 0.421. The van der Waals surface area contributed by atoms with Crippen LogP contribution in [0, 0.1) is 0 Å². The first-order valence-electron chi connectivity index (χ1n) is 8.90. The third-order valence-corrected chi connectivity index (χ3v) is 6.01. The highest BCUT2D eigenvalue weighted by Crippen LogP contribution is 2.31. The molecule has 1 amide bonds. The van der Waals surface area contributed by atoms with Gasteiger partial charge in [0.15, 0.2) is 21.9 Å². The summed E-state index contributed by atoms with van der Waals surface area (Å²) < 4.78 is 17.3. The summed E-state index contributed by atoms with van der Waals surface area (Å²) in [7, 11) is 1.75. The number of thioether (sulfide) groups is 1. The number of amides is 1. The summed E-state index contributed by atoms with van der Waals surface area (Å²) in [6.07, 6.45) is -0.0518. The molecular weight excluding hydrogens is 400 g/mol. The second kappa shape index (κ2) is 9.79. The number of para-hydroxylation sites is 2. The lowest BCUT2D eigenvalue weighted by Gasteiger charge is -2.29. The van der Waals surface area contributed by atoms with E-state index in [0.29, 0.717) is 31.2 Å². The van der Waals surface area contributed by atoms with Gasteiger partial charge in [-0.2, -0.15) is 0 Å². The number of carbonyl (C=O) groups excluding carboxylic acids is 2. The number of carbonyl (C=O) groups is 2. The van der Waals surface area contributed by atoms with Gasteiger partial charge >= 0.3 is 5.97 Å². The average molecular weight is 423 g/mol. The lowest BCUT2D eigenvalue weighted by Crippen LogP contribution is -2.42. The topological polar surface area (TPSA) is 78.0 Å². The van der Waals surface area contributed by atoms with E-state index in [2.05, 4.69) is 4.98 Å². The predicted octanol–water partition coefficient (Wildman–Crippen LogP) is 2.64. The van der Waals surface area contributed by atoms with E-state index in [9.17, 15) is 9.59 Å². The average Bonchev–Trinajstić information content (AvgIpc) is 3.13. The first kappa shape index (κ1) is 20.5. The number of hydrogen-bond donors (Lipinski definition) is 0. The number of ether oxygens (including phenoxy) is 3. The Hall–Kier alpha value is -2.26. The van der Waals surface area contributed by atoms with E-state index >= 15 is 0 Å². The van der Waals surface area contributed by atoms with Crippen molar-refractivity contribution in [3.63, 3.8) is 0 Å². The van der Waals surface area contributed by atoms with Crippen molar-refractivity contribution in [2.75, 3.05) is 32.6 Å². The van der Waals surface area contributed by atoms with E-state index in [0.717, 1.165) is 10.1 Å². The summed E-state index contributed by atoms with van der Waals surface area (Å²) in [6, 6.07) is 7.50. The molecule has 1 atom stereocenters. The zero-order valence-corrected chi connectivity index (χ0v) is 17.4. The molecule has 2 aromatic rings. The molecule has 150 valence electrons. The van der Waals surface area contributed by atoms with E-state index in [1.54, 1.807) is 18.9 Å². The second-order valence-corrected chi connectivity index (χ2v) is 8.23. The highest BCUT2D eigenvalue weighted by molar-refractivity contribution is 8.01. The minimum absolute atomic E-state index is 0.0189. The van der Waals surface area contributed by atoms with Crippen molar-refractivity contribution in [3.05, 3.63) is 35.3 Å². The van der Waals surface area contributed by atoms with E-state index < -0.39 is 0 Å². The SMILES string of the molecule is CCOC(=O)Cc1csc(SCC(=O)N(C)C[C@@H]2COc3ccccc3O2)n1. The van der Waals surface area contributed by atoms with Gasteiger partial charge in [-0.05, 0) is 19.1 Å². The van der Waals surface area contributed by atoms with Gasteiger partial charge in [0.25, 0.3) is 0 Å². The molecule has 1 aromatic heterocycles. The van der Waals surface area contributed by atoms with Gasteiger partial charge in [-0.1, -0.05) is 23.9 Å². The number of rotatable bonds is 8. The molecule has 1 aromatic carbocycles. The van der Waals surface area contributed by atoms with Crippen LogP contribution < -0.4 is 9.47 Å². The number of esters is 1. The van der Waals surface area contributed by atoms with Gasteiger partial charge in [-0.15, -0.1) is 11.3 Å². The number of benzene rings is 1. The molecule has 9 heteroatoms. The van der Waals surface area contributed by atoms with Gasteiger partial charge in [-0.25, -0.2) is 4.98 Å². The van der Waals surface area contributed by atoms with Crippen LogP contribution in [0.5, 0.6) is 11.5 Å². The van der Waals surface area contributed by atoms with Crippen molar-refractivity contribution >= 4 is 35.0 Å². The van der Waals surface area contributed by atoms with Crippen LogP contribution in [0.3, 0.4) is 0 Å². The fourth-order valence-corrected chi connectivity index (χ4v) is 4.38. The molecule has 1 aliphatic heterocycles. The molecule has 0 aliphatic carbocycles. The Labute approximate surface area is 172 Å². The largest absolute Gasteiger partial charge is 0.486 e. The Morgan fingerprint density at radius 2 is 2.14 bits per heavy atom. The molecule has 0 saturated heterocycles. The summed E-state index contributed by atoms with van der Waals surface area (Å²) >= 11 is 2.78. The van der Waals surface area contributed by atoms with Gasteiger partial charge in [0, 0.05) is 12.4 Å². The van der Waals surface area contributed by atoms with Crippen LogP contribution >= 0.6 is 23.1 Å². The van der Waals surface area contributed by atoms with Gasteiger partial charge in [-0.3, -0.25) is 9.59 Å². The van der Waals surface area contributed by atoms with E-state index in [4.69, 9.17) is 14.2 Å². The van der Waals surface area contributed by atoms with Gasteiger partial charge in [0.1, 0.15) is 6.61 Å². The molecule has 0 fully saturated rings. The van der Waals surface area contributed by atoms with Crippen molar-refractivity contribution in [2.45, 2.75) is 23.8 Å². The van der Waals surface area contributed by atoms with Crippen LogP contribution in [0.4, 0.5) is 0 Å². The van der Waals surface area contributed by atoms with E-state index in [1.807, 2.05) is 29.6 Å². The molecule has 0 saturated carbocycles. The summed E-state index contributed by atoms with van der Waals surface area (Å²) in [5, 5.41) is 1.82. The molecule has 28 heavy (non-hydrogen) atoms. The monoisotopic (exact) mass is 422 g/mol. The second-order valence-electron chi connectivity index (χ2n) is 6.15. The van der Waals surface area contributed by atoms with Crippen LogP contribution in [0.1, 0.15) is 12.6 Å². The van der Waals surface area contributed by atoms with Crippen LogP contribution in [-0.2, 0) is 20.7 Å². The van der Waals surface area contributed by atoms with Gasteiger partial charge in [0.05, 0.1) is 31.0 Å². The molecule has 0 spiro atoms. The molecule has 3 rings (SSSR count). The number of likely N-dealkylation sites (N-methyl/N-ethyl adjacent to an activating group) is 1. The molecule has 0 radical (unpaired) electrons. The summed E-state index contributed by atoms with van der Waals surface area (Å²) in [5.74, 6) is 1.38. The summed E-state index contributed by atoms with van der Waals surface area (Å²) in [5.41, 5.74) is 0.665. The molecular formula is C19H22N2O5S2. The Bertz CT molecular complexity index is 826. The van der Waals surface area contributed by atoms with Crippen LogP contribution in [-0.4, -0.2) is 60.4 Å². The summed E-state index contributed by atoms with van der Waals surface area (Å²) in [6.45, 7) is 2.98. The maximum Gasteiger partial charge on any atom is 0.311 e. The fourth-order valence-electron chi connectivity index (χ4n) is 2.59. The van der Waals surface area contributed by atoms with E-state index in [1.165, 1.54) is 23.1 Å². The Morgan fingerprint density at radius 3 is 2.93 bits per heavy atom. The molecule has 1 aliphatic rings. The zero-order chi connectivity index (χ0) is 19.9. The van der Waals surface area contributed by atoms with Crippen LogP contribution in [0.2, 0.25) is 0 Å². The molecule has 0 N–H and O–H groups in total. The van der Waals surface area contributed by atoms with Gasteiger partial charge < -0.3 is 19.1 Å². The predicted molar refractivity (Wildman–Crippen MR) is 107 cm³/mol. The Morgan fingerprint density at radius 1 is 1.36 bits per heavy atom. The third-order valence-electron chi connectivity index (χ3n) is 3.95. The number of nitrogens with zero attached hydrogens (tertiary/aromatic N) is 2. The van der Waals surface area contributed by atoms with Gasteiger partial charge in [0.2, 0.25) is 5.91 Å². The normalized spacial score (nSPS) is 15.1. The number of fused-ring (bicyclic) bond motifs is 1. The minimum atomic E-state index is -0.295. The van der Waals surface area contributed by atoms with Crippen molar-refractivity contribution in [1.29, 1.82) is 0 Å². The number of thiazole rings is 1. The first-order chi connectivity index (χ1) is 13.5. The maximum atomic E-state index is 12.4. The lowest BCUT2D eigenvalue weighted by molar-refractivity contribution is -0.142. The molecule has 0 unspecified atom stereocenters. The molecule has 0 bridgehead atoms. The highest BCUT2D eigenvalue weighted by atomic mass is 32.2. The number of aromatic nitrogens is 1. The smallest absolute Gasteiger partial charge is 0.311 e. The highest BCUT2D eigenvalue weighted by Gasteiger charge is 2.23. The van der Waals surface area contributed by atoms with Crippen molar-refractivity contribution < 1.29 is 23.8 Å². The third kappa shape index (κ3) is 5.62. The maximum absolute atomic E-state index is 12.4. The quantitative estimate of drug-likeness (QED) is 0.478. The summed E-state index contributed by atoms with van der Waals surface area (Å²) in [4.78, 5) is 29.9. The van der Waals surface area contributed by atoms with Crippen molar-refractivity contribution in [2.24, 2.45) is 0 Å². The molecule has 2 heterocycles. The molecule has 7 nitrogen and oxygen atoms in total. The zero-order valence-electron chi connectivity index (χ0n) is 15.8. The van der Waals surface area contributed by atoms with Crippen molar-refractivity contribution in [1.82, 2.24) is 9.88 Å². The Kier molecular flexibility index (Phi) is 7.16. The van der Waals surface area contributed by atoms with Crippen molar-refractivity contribution in [3.8, 4) is 11.5 Å². The minimum Gasteiger partial charge on any atom is -0.486 e. The Balaban J connectivity index is 1.44.